The Balaban J connectivity index is 1.44. The second-order valence-corrected chi connectivity index (χ2v) is 9.69. The van der Waals surface area contributed by atoms with Crippen LogP contribution in [0.3, 0.4) is 0 Å². The number of benzene rings is 1. The molecule has 0 bridgehead atoms. The highest BCUT2D eigenvalue weighted by molar-refractivity contribution is 5.76. The highest BCUT2D eigenvalue weighted by Gasteiger charge is 2.33. The Morgan fingerprint density at radius 2 is 2.12 bits per heavy atom. The van der Waals surface area contributed by atoms with Crippen molar-refractivity contribution in [2.45, 2.75) is 51.1 Å². The number of hydrogen-bond donors (Lipinski definition) is 2. The van der Waals surface area contributed by atoms with Crippen LogP contribution in [0.15, 0.2) is 39.9 Å². The molecule has 0 radical (unpaired) electrons. The van der Waals surface area contributed by atoms with E-state index >= 15 is 0 Å². The van der Waals surface area contributed by atoms with E-state index < -0.39 is 12.1 Å². The Bertz CT molecular complexity index is 1450. The van der Waals surface area contributed by atoms with E-state index in [0.29, 0.717) is 22.7 Å². The molecule has 10 heteroatoms. The zero-order chi connectivity index (χ0) is 23.4. The first-order valence-corrected chi connectivity index (χ1v) is 11.6. The molecule has 1 aliphatic carbocycles. The third-order valence-corrected chi connectivity index (χ3v) is 6.57. The molecule has 2 N–H and O–H groups in total. The molecule has 1 saturated carbocycles. The van der Waals surface area contributed by atoms with E-state index in [4.69, 9.17) is 4.42 Å². The van der Waals surface area contributed by atoms with Crippen LogP contribution < -0.4 is 16.2 Å². The van der Waals surface area contributed by atoms with Gasteiger partial charge in [0.1, 0.15) is 18.3 Å². The fraction of sp³-hybridized carbons (Fsp3) is 0.417. The van der Waals surface area contributed by atoms with Crippen LogP contribution in [0.25, 0.3) is 17.0 Å². The molecule has 34 heavy (non-hydrogen) atoms. The van der Waals surface area contributed by atoms with Gasteiger partial charge in [-0.2, -0.15) is 14.6 Å². The molecule has 0 unspecified atom stereocenters. The zero-order valence-corrected chi connectivity index (χ0v) is 19.1. The third kappa shape index (κ3) is 3.49. The van der Waals surface area contributed by atoms with Crippen molar-refractivity contribution >= 4 is 22.7 Å². The number of aromatic nitrogens is 5. The second-order valence-electron chi connectivity index (χ2n) is 9.69. The van der Waals surface area contributed by atoms with Gasteiger partial charge in [-0.15, -0.1) is 0 Å². The number of alkyl halides is 1. The van der Waals surface area contributed by atoms with Crippen molar-refractivity contribution in [1.82, 2.24) is 29.6 Å². The van der Waals surface area contributed by atoms with Gasteiger partial charge in [0.25, 0.3) is 5.56 Å². The maximum Gasteiger partial charge on any atom is 0.323 e. The standard InChI is InChI=1S/C24H26FN7O2/c1-24(2,13-25)19-12-34-23(29-19)32-20-18(21(33)31(32)17-5-6-17)11-27-22(30-20)28-16-4-3-15-10-26-8-7-14(15)9-16/h3-4,9,11-12,17,26H,5-8,10,13H2,1-2H3,(H,27,28,30). The Kier molecular flexibility index (Phi) is 4.80. The fourth-order valence-corrected chi connectivity index (χ4v) is 4.32. The van der Waals surface area contributed by atoms with Gasteiger partial charge in [-0.25, -0.2) is 9.67 Å². The molecule has 0 amide bonds. The summed E-state index contributed by atoms with van der Waals surface area (Å²) in [5, 5.41) is 7.03. The van der Waals surface area contributed by atoms with Crippen LogP contribution in [0.1, 0.15) is 49.6 Å². The van der Waals surface area contributed by atoms with E-state index in [-0.39, 0.29) is 17.6 Å². The lowest BCUT2D eigenvalue weighted by Gasteiger charge is -2.18. The summed E-state index contributed by atoms with van der Waals surface area (Å²) in [5.41, 5.74) is 3.39. The topological polar surface area (TPSA) is 103 Å². The molecule has 0 atom stereocenters. The smallest absolute Gasteiger partial charge is 0.323 e. The summed E-state index contributed by atoms with van der Waals surface area (Å²) in [5.74, 6) is 0.374. The average molecular weight is 464 g/mol. The van der Waals surface area contributed by atoms with Gasteiger partial charge >= 0.3 is 6.01 Å². The van der Waals surface area contributed by atoms with Gasteiger partial charge in [-0.3, -0.25) is 9.18 Å². The molecule has 0 spiro atoms. The minimum absolute atomic E-state index is 0.0527. The lowest BCUT2D eigenvalue weighted by Crippen LogP contribution is -2.23. The van der Waals surface area contributed by atoms with Crippen molar-refractivity contribution in [3.8, 4) is 6.01 Å². The summed E-state index contributed by atoms with van der Waals surface area (Å²) in [6.45, 7) is 4.77. The largest absolute Gasteiger partial charge is 0.430 e. The van der Waals surface area contributed by atoms with Gasteiger partial charge in [-0.1, -0.05) is 19.9 Å². The van der Waals surface area contributed by atoms with Crippen molar-refractivity contribution in [3.63, 3.8) is 0 Å². The van der Waals surface area contributed by atoms with Crippen molar-refractivity contribution in [1.29, 1.82) is 0 Å². The number of halogens is 1. The zero-order valence-electron chi connectivity index (χ0n) is 19.1. The number of anilines is 2. The van der Waals surface area contributed by atoms with Crippen LogP contribution in [0.2, 0.25) is 0 Å². The first kappa shape index (κ1) is 21.0. The molecular formula is C24H26FN7O2. The first-order valence-electron chi connectivity index (χ1n) is 11.6. The van der Waals surface area contributed by atoms with Crippen LogP contribution in [0, 0.1) is 0 Å². The molecule has 2 aliphatic rings. The summed E-state index contributed by atoms with van der Waals surface area (Å²) in [6, 6.07) is 6.47. The van der Waals surface area contributed by atoms with Crippen molar-refractivity contribution < 1.29 is 8.81 Å². The summed E-state index contributed by atoms with van der Waals surface area (Å²) in [7, 11) is 0. The number of oxazole rings is 1. The predicted molar refractivity (Wildman–Crippen MR) is 126 cm³/mol. The summed E-state index contributed by atoms with van der Waals surface area (Å²) < 4.78 is 22.5. The van der Waals surface area contributed by atoms with Gasteiger partial charge in [0.05, 0.1) is 11.7 Å². The number of nitrogens with one attached hydrogen (secondary N) is 2. The maximum atomic E-state index is 13.5. The molecule has 0 saturated heterocycles. The average Bonchev–Trinajstić information content (AvgIpc) is 3.48. The number of fused-ring (bicyclic) bond motifs is 2. The number of rotatable bonds is 6. The lowest BCUT2D eigenvalue weighted by molar-refractivity contribution is 0.343. The summed E-state index contributed by atoms with van der Waals surface area (Å²) >= 11 is 0. The molecule has 9 nitrogen and oxygen atoms in total. The Hall–Kier alpha value is -3.53. The summed E-state index contributed by atoms with van der Waals surface area (Å²) in [6.07, 6.45) is 5.74. The van der Waals surface area contributed by atoms with Crippen LogP contribution in [-0.4, -0.2) is 37.5 Å². The molecule has 1 aliphatic heterocycles. The quantitative estimate of drug-likeness (QED) is 0.451. The molecule has 4 aromatic rings. The second kappa shape index (κ2) is 7.76. The predicted octanol–water partition coefficient (Wildman–Crippen LogP) is 3.54. The highest BCUT2D eigenvalue weighted by atomic mass is 19.1. The van der Waals surface area contributed by atoms with Crippen molar-refractivity contribution in [2.75, 3.05) is 18.5 Å². The van der Waals surface area contributed by atoms with Crippen molar-refractivity contribution in [3.05, 3.63) is 57.8 Å². The Morgan fingerprint density at radius 1 is 1.26 bits per heavy atom. The van der Waals surface area contributed by atoms with E-state index in [1.807, 2.05) is 6.07 Å². The minimum atomic E-state index is -0.793. The molecule has 1 fully saturated rings. The van der Waals surface area contributed by atoms with Gasteiger partial charge in [0.2, 0.25) is 5.95 Å². The normalized spacial score (nSPS) is 16.1. The maximum absolute atomic E-state index is 13.5. The molecule has 4 heterocycles. The molecule has 1 aromatic carbocycles. The monoisotopic (exact) mass is 463 g/mol. The minimum Gasteiger partial charge on any atom is -0.430 e. The number of hydrogen-bond acceptors (Lipinski definition) is 7. The number of nitrogens with zero attached hydrogens (tertiary/aromatic N) is 5. The van der Waals surface area contributed by atoms with E-state index in [1.54, 1.807) is 29.4 Å². The van der Waals surface area contributed by atoms with Crippen LogP contribution >= 0.6 is 0 Å². The van der Waals surface area contributed by atoms with E-state index in [0.717, 1.165) is 38.0 Å². The Morgan fingerprint density at radius 3 is 2.91 bits per heavy atom. The van der Waals surface area contributed by atoms with E-state index in [1.165, 1.54) is 17.4 Å². The van der Waals surface area contributed by atoms with Gasteiger partial charge in [-0.05, 0) is 49.1 Å². The summed E-state index contributed by atoms with van der Waals surface area (Å²) in [4.78, 5) is 26.8. The van der Waals surface area contributed by atoms with Crippen LogP contribution in [0.4, 0.5) is 16.0 Å². The molecule has 6 rings (SSSR count). The van der Waals surface area contributed by atoms with Crippen LogP contribution in [-0.2, 0) is 18.4 Å². The van der Waals surface area contributed by atoms with Gasteiger partial charge in [0.15, 0.2) is 5.65 Å². The lowest BCUT2D eigenvalue weighted by atomic mass is 9.92. The first-order chi connectivity index (χ1) is 16.4. The molecule has 3 aromatic heterocycles. The Labute approximate surface area is 195 Å². The molecule has 176 valence electrons. The van der Waals surface area contributed by atoms with Crippen LogP contribution in [0.5, 0.6) is 0 Å². The molecular weight excluding hydrogens is 437 g/mol. The van der Waals surface area contributed by atoms with Gasteiger partial charge in [0, 0.05) is 23.8 Å². The fourth-order valence-electron chi connectivity index (χ4n) is 4.32. The SMILES string of the molecule is CC(C)(CF)c1coc(-n2c3nc(Nc4ccc5c(c4)CCNC5)ncc3c(=O)n2C2CC2)n1. The van der Waals surface area contributed by atoms with E-state index in [9.17, 15) is 9.18 Å². The third-order valence-electron chi connectivity index (χ3n) is 6.57. The highest BCUT2D eigenvalue weighted by Crippen LogP contribution is 2.36. The van der Waals surface area contributed by atoms with Gasteiger partial charge < -0.3 is 15.1 Å². The van der Waals surface area contributed by atoms with E-state index in [2.05, 4.69) is 37.7 Å². The van der Waals surface area contributed by atoms with Crippen molar-refractivity contribution in [2.24, 2.45) is 0 Å².